The van der Waals surface area contributed by atoms with E-state index in [4.69, 9.17) is 5.73 Å². The van der Waals surface area contributed by atoms with E-state index >= 15 is 0 Å². The fourth-order valence-corrected chi connectivity index (χ4v) is 2.25. The maximum atomic E-state index is 11.2. The number of hydrogen-bond donors (Lipinski definition) is 1. The number of nitrogens with two attached hydrogens (primary N) is 1. The van der Waals surface area contributed by atoms with Crippen LogP contribution in [-0.4, -0.2) is 15.8 Å². The predicted molar refractivity (Wildman–Crippen MR) is 81.7 cm³/mol. The smallest absolute Gasteiger partial charge is 0.178 e. The van der Waals surface area contributed by atoms with Crippen LogP contribution >= 0.6 is 0 Å². The summed E-state index contributed by atoms with van der Waals surface area (Å²) in [5.74, 6) is 0.423. The Bertz CT molecular complexity index is 704. The van der Waals surface area contributed by atoms with E-state index in [0.717, 1.165) is 17.0 Å². The number of allylic oxidation sites excluding steroid dienone is 4. The second kappa shape index (κ2) is 5.71. The van der Waals surface area contributed by atoms with E-state index in [0.29, 0.717) is 12.2 Å². The minimum Gasteiger partial charge on any atom is -0.382 e. The Kier molecular flexibility index (Phi) is 3.60. The SMILES string of the molecule is Nc1ncc(C2C=CC(=O)C=C2)nc1Cc1ccccc1. The lowest BCUT2D eigenvalue weighted by atomic mass is 9.99. The number of hydrogen-bond acceptors (Lipinski definition) is 4. The molecule has 0 atom stereocenters. The summed E-state index contributed by atoms with van der Waals surface area (Å²) >= 11 is 0. The average Bonchev–Trinajstić information content (AvgIpc) is 2.51. The monoisotopic (exact) mass is 277 g/mol. The van der Waals surface area contributed by atoms with Gasteiger partial charge in [0.05, 0.1) is 17.6 Å². The number of benzene rings is 1. The second-order valence-electron chi connectivity index (χ2n) is 4.94. The maximum Gasteiger partial charge on any atom is 0.178 e. The zero-order chi connectivity index (χ0) is 14.7. The van der Waals surface area contributed by atoms with Crippen LogP contribution in [0.3, 0.4) is 0 Å². The molecule has 0 amide bonds. The van der Waals surface area contributed by atoms with Gasteiger partial charge >= 0.3 is 0 Å². The van der Waals surface area contributed by atoms with Crippen LogP contribution < -0.4 is 5.73 Å². The fourth-order valence-electron chi connectivity index (χ4n) is 2.25. The highest BCUT2D eigenvalue weighted by Gasteiger charge is 2.13. The zero-order valence-corrected chi connectivity index (χ0v) is 11.4. The highest BCUT2D eigenvalue weighted by molar-refractivity contribution is 6.00. The lowest BCUT2D eigenvalue weighted by molar-refractivity contribution is -0.110. The Balaban J connectivity index is 1.88. The van der Waals surface area contributed by atoms with Crippen LogP contribution in [0.25, 0.3) is 0 Å². The lowest BCUT2D eigenvalue weighted by Gasteiger charge is -2.12. The van der Waals surface area contributed by atoms with Gasteiger partial charge in [-0.25, -0.2) is 4.98 Å². The quantitative estimate of drug-likeness (QED) is 0.935. The van der Waals surface area contributed by atoms with Crippen LogP contribution in [0, 0.1) is 0 Å². The van der Waals surface area contributed by atoms with E-state index < -0.39 is 0 Å². The van der Waals surface area contributed by atoms with Gasteiger partial charge in [0.1, 0.15) is 5.82 Å². The molecule has 2 N–H and O–H groups in total. The molecule has 0 radical (unpaired) electrons. The van der Waals surface area contributed by atoms with Crippen LogP contribution in [0.5, 0.6) is 0 Å². The molecule has 1 heterocycles. The molecule has 0 bridgehead atoms. The first kappa shape index (κ1) is 13.2. The second-order valence-corrected chi connectivity index (χ2v) is 4.94. The first-order valence-corrected chi connectivity index (χ1v) is 6.78. The van der Waals surface area contributed by atoms with Gasteiger partial charge in [-0.15, -0.1) is 0 Å². The first-order chi connectivity index (χ1) is 10.2. The summed E-state index contributed by atoms with van der Waals surface area (Å²) in [4.78, 5) is 20.0. The molecule has 1 aromatic heterocycles. The Morgan fingerprint density at radius 3 is 2.52 bits per heavy atom. The summed E-state index contributed by atoms with van der Waals surface area (Å²) in [5.41, 5.74) is 8.63. The number of anilines is 1. The number of nitrogens with zero attached hydrogens (tertiary/aromatic N) is 2. The van der Waals surface area contributed by atoms with Gasteiger partial charge < -0.3 is 5.73 Å². The van der Waals surface area contributed by atoms with Crippen molar-refractivity contribution < 1.29 is 4.79 Å². The van der Waals surface area contributed by atoms with Crippen molar-refractivity contribution in [1.82, 2.24) is 9.97 Å². The molecule has 0 saturated carbocycles. The number of carbonyl (C=O) groups excluding carboxylic acids is 1. The molecule has 3 rings (SSSR count). The molecule has 0 aliphatic heterocycles. The van der Waals surface area contributed by atoms with Crippen LogP contribution in [-0.2, 0) is 11.2 Å². The topological polar surface area (TPSA) is 68.9 Å². The minimum absolute atomic E-state index is 0.000775. The summed E-state index contributed by atoms with van der Waals surface area (Å²) in [7, 11) is 0. The summed E-state index contributed by atoms with van der Waals surface area (Å²) in [5, 5.41) is 0. The predicted octanol–water partition coefficient (Wildman–Crippen LogP) is 2.43. The average molecular weight is 277 g/mol. The highest BCUT2D eigenvalue weighted by atomic mass is 16.1. The van der Waals surface area contributed by atoms with E-state index in [1.165, 1.54) is 0 Å². The molecular weight excluding hydrogens is 262 g/mol. The molecule has 0 spiro atoms. The van der Waals surface area contributed by atoms with Crippen molar-refractivity contribution in [3.63, 3.8) is 0 Å². The maximum absolute atomic E-state index is 11.2. The van der Waals surface area contributed by atoms with E-state index in [2.05, 4.69) is 9.97 Å². The van der Waals surface area contributed by atoms with E-state index in [9.17, 15) is 4.79 Å². The molecule has 104 valence electrons. The third-order valence-corrected chi connectivity index (χ3v) is 3.39. The largest absolute Gasteiger partial charge is 0.382 e. The van der Waals surface area contributed by atoms with Gasteiger partial charge in [-0.3, -0.25) is 9.78 Å². The standard InChI is InChI=1S/C17H15N3O/c18-17-15(10-12-4-2-1-3-5-12)20-16(11-19-17)13-6-8-14(21)9-7-13/h1-9,11,13H,10H2,(H2,18,19). The Labute approximate surface area is 123 Å². The van der Waals surface area contributed by atoms with Gasteiger partial charge in [-0.1, -0.05) is 42.5 Å². The van der Waals surface area contributed by atoms with Crippen molar-refractivity contribution in [1.29, 1.82) is 0 Å². The van der Waals surface area contributed by atoms with Crippen molar-refractivity contribution in [2.75, 3.05) is 5.73 Å². The normalized spacial score (nSPS) is 14.6. The van der Waals surface area contributed by atoms with Gasteiger partial charge in [0.2, 0.25) is 0 Å². The van der Waals surface area contributed by atoms with Crippen molar-refractivity contribution in [3.8, 4) is 0 Å². The van der Waals surface area contributed by atoms with E-state index in [1.807, 2.05) is 42.5 Å². The fraction of sp³-hybridized carbons (Fsp3) is 0.118. The molecule has 4 heteroatoms. The number of nitrogen functional groups attached to an aromatic ring is 1. The van der Waals surface area contributed by atoms with Gasteiger partial charge in [0.15, 0.2) is 5.78 Å². The highest BCUT2D eigenvalue weighted by Crippen LogP contribution is 2.22. The summed E-state index contributed by atoms with van der Waals surface area (Å²) in [6, 6.07) is 10.0. The minimum atomic E-state index is -0.0228. The molecular formula is C17H15N3O. The Hall–Kier alpha value is -2.75. The molecule has 1 aliphatic carbocycles. The number of rotatable bonds is 3. The van der Waals surface area contributed by atoms with Gasteiger partial charge in [0.25, 0.3) is 0 Å². The molecule has 21 heavy (non-hydrogen) atoms. The summed E-state index contributed by atoms with van der Waals surface area (Å²) in [6.07, 6.45) is 9.08. The van der Waals surface area contributed by atoms with E-state index in [1.54, 1.807) is 18.3 Å². The van der Waals surface area contributed by atoms with Crippen LogP contribution in [0.1, 0.15) is 22.9 Å². The first-order valence-electron chi connectivity index (χ1n) is 6.78. The lowest BCUT2D eigenvalue weighted by Crippen LogP contribution is -2.08. The van der Waals surface area contributed by atoms with Gasteiger partial charge in [-0.05, 0) is 17.7 Å². The summed E-state index contributed by atoms with van der Waals surface area (Å²) < 4.78 is 0. The molecule has 0 unspecified atom stereocenters. The Morgan fingerprint density at radius 1 is 1.10 bits per heavy atom. The van der Waals surface area contributed by atoms with Gasteiger partial charge in [-0.2, -0.15) is 0 Å². The van der Waals surface area contributed by atoms with Crippen LogP contribution in [0.4, 0.5) is 5.82 Å². The molecule has 1 aromatic carbocycles. The van der Waals surface area contributed by atoms with E-state index in [-0.39, 0.29) is 11.7 Å². The van der Waals surface area contributed by atoms with Crippen molar-refractivity contribution in [2.24, 2.45) is 0 Å². The van der Waals surface area contributed by atoms with Crippen molar-refractivity contribution in [3.05, 3.63) is 77.8 Å². The third kappa shape index (κ3) is 3.05. The Morgan fingerprint density at radius 2 is 1.81 bits per heavy atom. The molecule has 4 nitrogen and oxygen atoms in total. The number of aromatic nitrogens is 2. The molecule has 1 aliphatic rings. The zero-order valence-electron chi connectivity index (χ0n) is 11.4. The van der Waals surface area contributed by atoms with Crippen LogP contribution in [0.15, 0.2) is 60.8 Å². The van der Waals surface area contributed by atoms with Gasteiger partial charge in [0, 0.05) is 12.3 Å². The van der Waals surface area contributed by atoms with Crippen LogP contribution in [0.2, 0.25) is 0 Å². The molecule has 0 fully saturated rings. The number of carbonyl (C=O) groups is 1. The molecule has 0 saturated heterocycles. The summed E-state index contributed by atoms with van der Waals surface area (Å²) in [6.45, 7) is 0. The van der Waals surface area contributed by atoms with Crippen molar-refractivity contribution >= 4 is 11.6 Å². The van der Waals surface area contributed by atoms with Crippen molar-refractivity contribution in [2.45, 2.75) is 12.3 Å². The third-order valence-electron chi connectivity index (χ3n) is 3.39. The molecule has 2 aromatic rings. The number of ketones is 1.